The normalized spacial score (nSPS) is 15.4. The number of pyridine rings is 1. The molecule has 24 heavy (non-hydrogen) atoms. The molecule has 4 nitrogen and oxygen atoms in total. The molecule has 126 valence electrons. The van der Waals surface area contributed by atoms with Gasteiger partial charge in [-0.15, -0.1) is 0 Å². The SMILES string of the molecule is O=C(c1ccccc1F)N1CCC(Nc2ncc(Cl)cc2Br)CC1. The highest BCUT2D eigenvalue weighted by Gasteiger charge is 2.25. The highest BCUT2D eigenvalue weighted by atomic mass is 79.9. The molecule has 1 fully saturated rings. The first-order valence-electron chi connectivity index (χ1n) is 7.66. The summed E-state index contributed by atoms with van der Waals surface area (Å²) in [4.78, 5) is 18.4. The zero-order valence-corrected chi connectivity index (χ0v) is 15.1. The van der Waals surface area contributed by atoms with Gasteiger partial charge in [-0.2, -0.15) is 0 Å². The fourth-order valence-electron chi connectivity index (χ4n) is 2.75. The average Bonchev–Trinajstić information content (AvgIpc) is 2.58. The molecule has 1 aromatic heterocycles. The third kappa shape index (κ3) is 3.87. The van der Waals surface area contributed by atoms with Gasteiger partial charge in [0.1, 0.15) is 11.6 Å². The van der Waals surface area contributed by atoms with Crippen molar-refractivity contribution in [2.45, 2.75) is 18.9 Å². The molecule has 1 saturated heterocycles. The summed E-state index contributed by atoms with van der Waals surface area (Å²) in [7, 11) is 0. The molecular weight excluding hydrogens is 397 g/mol. The summed E-state index contributed by atoms with van der Waals surface area (Å²) in [5.41, 5.74) is 0.131. The van der Waals surface area contributed by atoms with E-state index >= 15 is 0 Å². The number of likely N-dealkylation sites (tertiary alicyclic amines) is 1. The van der Waals surface area contributed by atoms with Crippen LogP contribution in [0.3, 0.4) is 0 Å². The lowest BCUT2D eigenvalue weighted by atomic mass is 10.0. The number of nitrogens with zero attached hydrogens (tertiary/aromatic N) is 2. The predicted molar refractivity (Wildman–Crippen MR) is 95.9 cm³/mol. The second kappa shape index (κ2) is 7.49. The molecule has 0 radical (unpaired) electrons. The van der Waals surface area contributed by atoms with E-state index in [1.54, 1.807) is 29.3 Å². The number of carbonyl (C=O) groups is 1. The molecule has 1 aliphatic rings. The van der Waals surface area contributed by atoms with E-state index in [9.17, 15) is 9.18 Å². The molecular formula is C17H16BrClFN3O. The van der Waals surface area contributed by atoms with Crippen molar-refractivity contribution in [3.8, 4) is 0 Å². The topological polar surface area (TPSA) is 45.2 Å². The number of piperidine rings is 1. The first-order chi connectivity index (χ1) is 11.5. The van der Waals surface area contributed by atoms with Gasteiger partial charge in [0.05, 0.1) is 15.1 Å². The number of amides is 1. The van der Waals surface area contributed by atoms with Crippen molar-refractivity contribution in [3.63, 3.8) is 0 Å². The van der Waals surface area contributed by atoms with Gasteiger partial charge in [-0.3, -0.25) is 4.79 Å². The van der Waals surface area contributed by atoms with Crippen molar-refractivity contribution in [2.75, 3.05) is 18.4 Å². The second-order valence-corrected chi connectivity index (χ2v) is 6.97. The third-order valence-electron chi connectivity index (χ3n) is 4.04. The van der Waals surface area contributed by atoms with Gasteiger partial charge in [-0.05, 0) is 47.0 Å². The molecule has 0 atom stereocenters. The van der Waals surface area contributed by atoms with Crippen LogP contribution in [0.2, 0.25) is 5.02 Å². The van der Waals surface area contributed by atoms with Crippen LogP contribution in [0.15, 0.2) is 41.0 Å². The standard InChI is InChI=1S/C17H16BrClFN3O/c18-14-9-11(19)10-21-16(14)22-12-5-7-23(8-6-12)17(24)13-3-1-2-4-15(13)20/h1-4,9-10,12H,5-8H2,(H,21,22). The Balaban J connectivity index is 1.60. The highest BCUT2D eigenvalue weighted by molar-refractivity contribution is 9.10. The van der Waals surface area contributed by atoms with Gasteiger partial charge in [0.2, 0.25) is 0 Å². The number of nitrogens with one attached hydrogen (secondary N) is 1. The molecule has 3 rings (SSSR count). The lowest BCUT2D eigenvalue weighted by Crippen LogP contribution is -2.42. The quantitative estimate of drug-likeness (QED) is 0.815. The van der Waals surface area contributed by atoms with Crippen molar-refractivity contribution < 1.29 is 9.18 Å². The molecule has 0 aliphatic carbocycles. The Hall–Kier alpha value is -1.66. The Morgan fingerprint density at radius 3 is 2.71 bits per heavy atom. The smallest absolute Gasteiger partial charge is 0.256 e. The summed E-state index contributed by atoms with van der Waals surface area (Å²) in [6.45, 7) is 1.16. The van der Waals surface area contributed by atoms with E-state index in [-0.39, 0.29) is 17.5 Å². The van der Waals surface area contributed by atoms with Gasteiger partial charge < -0.3 is 10.2 Å². The van der Waals surface area contributed by atoms with Crippen LogP contribution in [-0.2, 0) is 0 Å². The van der Waals surface area contributed by atoms with E-state index in [4.69, 9.17) is 11.6 Å². The Morgan fingerprint density at radius 1 is 1.33 bits per heavy atom. The van der Waals surface area contributed by atoms with Crippen molar-refractivity contribution in [3.05, 3.63) is 57.4 Å². The lowest BCUT2D eigenvalue weighted by molar-refractivity contribution is 0.0713. The van der Waals surface area contributed by atoms with Crippen molar-refractivity contribution >= 4 is 39.3 Å². The largest absolute Gasteiger partial charge is 0.366 e. The number of hydrogen-bond acceptors (Lipinski definition) is 3. The predicted octanol–water partition coefficient (Wildman–Crippen LogP) is 4.35. The van der Waals surface area contributed by atoms with E-state index in [1.165, 1.54) is 12.1 Å². The zero-order chi connectivity index (χ0) is 17.1. The maximum atomic E-state index is 13.8. The van der Waals surface area contributed by atoms with E-state index < -0.39 is 5.82 Å². The van der Waals surface area contributed by atoms with Gasteiger partial charge in [-0.1, -0.05) is 23.7 Å². The summed E-state index contributed by atoms with van der Waals surface area (Å²) < 4.78 is 14.6. The van der Waals surface area contributed by atoms with Crippen LogP contribution >= 0.6 is 27.5 Å². The Morgan fingerprint density at radius 2 is 2.04 bits per heavy atom. The Kier molecular flexibility index (Phi) is 5.36. The zero-order valence-electron chi connectivity index (χ0n) is 12.8. The number of carbonyl (C=O) groups excluding carboxylic acids is 1. The molecule has 0 saturated carbocycles. The maximum Gasteiger partial charge on any atom is 0.256 e. The number of aromatic nitrogens is 1. The highest BCUT2D eigenvalue weighted by Crippen LogP contribution is 2.26. The minimum Gasteiger partial charge on any atom is -0.366 e. The number of rotatable bonds is 3. The molecule has 2 heterocycles. The Labute approximate surface area is 153 Å². The number of anilines is 1. The first-order valence-corrected chi connectivity index (χ1v) is 8.83. The van der Waals surface area contributed by atoms with Gasteiger partial charge >= 0.3 is 0 Å². The van der Waals surface area contributed by atoms with E-state index in [2.05, 4.69) is 26.2 Å². The van der Waals surface area contributed by atoms with Crippen LogP contribution in [-0.4, -0.2) is 34.9 Å². The minimum absolute atomic E-state index is 0.131. The number of hydrogen-bond donors (Lipinski definition) is 1. The molecule has 0 bridgehead atoms. The fourth-order valence-corrected chi connectivity index (χ4v) is 3.50. The lowest BCUT2D eigenvalue weighted by Gasteiger charge is -2.33. The van der Waals surface area contributed by atoms with E-state index in [1.807, 2.05) is 0 Å². The summed E-state index contributed by atoms with van der Waals surface area (Å²) in [5, 5.41) is 3.93. The van der Waals surface area contributed by atoms with E-state index in [0.717, 1.165) is 23.1 Å². The van der Waals surface area contributed by atoms with Crippen LogP contribution < -0.4 is 5.32 Å². The second-order valence-electron chi connectivity index (χ2n) is 5.67. The molecule has 1 amide bonds. The number of benzene rings is 1. The van der Waals surface area contributed by atoms with Crippen LogP contribution in [0, 0.1) is 5.82 Å². The van der Waals surface area contributed by atoms with Crippen LogP contribution in [0.25, 0.3) is 0 Å². The van der Waals surface area contributed by atoms with Gasteiger partial charge in [-0.25, -0.2) is 9.37 Å². The first kappa shape index (κ1) is 17.2. The van der Waals surface area contributed by atoms with Gasteiger partial charge in [0, 0.05) is 25.3 Å². The monoisotopic (exact) mass is 411 g/mol. The molecule has 1 N–H and O–H groups in total. The summed E-state index contributed by atoms with van der Waals surface area (Å²) in [5.74, 6) is 0.00710. The summed E-state index contributed by atoms with van der Waals surface area (Å²) in [6, 6.07) is 8.09. The van der Waals surface area contributed by atoms with Crippen molar-refractivity contribution in [1.82, 2.24) is 9.88 Å². The molecule has 0 unspecified atom stereocenters. The summed E-state index contributed by atoms with van der Waals surface area (Å²) >= 11 is 9.32. The third-order valence-corrected chi connectivity index (χ3v) is 4.85. The molecule has 1 aliphatic heterocycles. The fraction of sp³-hybridized carbons (Fsp3) is 0.294. The maximum absolute atomic E-state index is 13.8. The van der Waals surface area contributed by atoms with Crippen LogP contribution in [0.1, 0.15) is 23.2 Å². The summed E-state index contributed by atoms with van der Waals surface area (Å²) in [6.07, 6.45) is 3.14. The molecule has 2 aromatic rings. The minimum atomic E-state index is -0.475. The molecule has 0 spiro atoms. The Bertz CT molecular complexity index is 750. The van der Waals surface area contributed by atoms with E-state index in [0.29, 0.717) is 18.1 Å². The van der Waals surface area contributed by atoms with Gasteiger partial charge in [0.25, 0.3) is 5.91 Å². The average molecular weight is 413 g/mol. The van der Waals surface area contributed by atoms with Crippen molar-refractivity contribution in [2.24, 2.45) is 0 Å². The number of halogens is 3. The van der Waals surface area contributed by atoms with Crippen LogP contribution in [0.5, 0.6) is 0 Å². The molecule has 1 aromatic carbocycles. The van der Waals surface area contributed by atoms with Gasteiger partial charge in [0.15, 0.2) is 0 Å². The van der Waals surface area contributed by atoms with Crippen molar-refractivity contribution in [1.29, 1.82) is 0 Å². The van der Waals surface area contributed by atoms with Crippen LogP contribution in [0.4, 0.5) is 10.2 Å². The molecule has 7 heteroatoms.